The summed E-state index contributed by atoms with van der Waals surface area (Å²) in [7, 11) is 0. The number of hydrogen-bond donors (Lipinski definition) is 0. The van der Waals surface area contributed by atoms with E-state index in [1.807, 2.05) is 19.9 Å². The number of benzene rings is 2. The van der Waals surface area contributed by atoms with E-state index in [1.54, 1.807) is 11.3 Å². The first-order valence-corrected chi connectivity index (χ1v) is 16.3. The fourth-order valence-electron chi connectivity index (χ4n) is 5.72. The minimum absolute atomic E-state index is 0.0135. The highest BCUT2D eigenvalue weighted by Gasteiger charge is 2.49. The van der Waals surface area contributed by atoms with E-state index in [-0.39, 0.29) is 22.9 Å². The van der Waals surface area contributed by atoms with Crippen molar-refractivity contribution in [2.24, 2.45) is 16.2 Å². The van der Waals surface area contributed by atoms with E-state index in [2.05, 4.69) is 105 Å². The lowest BCUT2D eigenvalue weighted by molar-refractivity contribution is -0.180. The fraction of sp³-hybridized carbons (Fsp3) is 0.595. The Labute approximate surface area is 254 Å². The molecule has 2 aromatic carbocycles. The van der Waals surface area contributed by atoms with Crippen LogP contribution in [0.1, 0.15) is 114 Å². The third kappa shape index (κ3) is 9.08. The molecule has 0 bridgehead atoms. The number of thiophene rings is 1. The molecule has 0 saturated carbocycles. The molecule has 0 amide bonds. The molecule has 226 valence electrons. The van der Waals surface area contributed by atoms with Gasteiger partial charge >= 0.3 is 5.97 Å². The van der Waals surface area contributed by atoms with Gasteiger partial charge in [-0.1, -0.05) is 85.6 Å². The van der Waals surface area contributed by atoms with Gasteiger partial charge < -0.3 is 9.47 Å². The van der Waals surface area contributed by atoms with Crippen molar-refractivity contribution in [1.82, 2.24) is 0 Å². The Morgan fingerprint density at radius 3 is 2.12 bits per heavy atom. The average molecular weight is 579 g/mol. The van der Waals surface area contributed by atoms with Crippen molar-refractivity contribution in [3.63, 3.8) is 0 Å². The first-order chi connectivity index (χ1) is 18.9. The summed E-state index contributed by atoms with van der Waals surface area (Å²) in [5.41, 5.74) is 1.23. The van der Waals surface area contributed by atoms with Crippen LogP contribution in [-0.4, -0.2) is 17.7 Å². The quantitative estimate of drug-likeness (QED) is 0.158. The molecule has 0 N–H and O–H groups in total. The Balaban J connectivity index is 1.66. The smallest absolute Gasteiger partial charge is 0.312 e. The Hall–Kier alpha value is -2.33. The zero-order valence-electron chi connectivity index (χ0n) is 27.6. The third-order valence-electron chi connectivity index (χ3n) is 8.27. The molecule has 41 heavy (non-hydrogen) atoms. The van der Waals surface area contributed by atoms with Gasteiger partial charge in [-0.15, -0.1) is 11.3 Å². The van der Waals surface area contributed by atoms with Crippen LogP contribution in [0.4, 0.5) is 0 Å². The van der Waals surface area contributed by atoms with Crippen LogP contribution in [0.3, 0.4) is 0 Å². The largest absolute Gasteiger partial charge is 0.491 e. The van der Waals surface area contributed by atoms with E-state index in [0.29, 0.717) is 6.42 Å². The SMILES string of the molecule is CCCCCc1ccc(-c2cc3ccc(OC(C)CC(C)(C)OC(=O)C(C)(CC(C)(C)C)C(C)(C)C)cc3s2)cc1. The molecule has 3 nitrogen and oxygen atoms in total. The van der Waals surface area contributed by atoms with Crippen molar-refractivity contribution in [1.29, 1.82) is 0 Å². The topological polar surface area (TPSA) is 35.5 Å². The van der Waals surface area contributed by atoms with Crippen LogP contribution in [0.15, 0.2) is 48.5 Å². The van der Waals surface area contributed by atoms with Gasteiger partial charge in [-0.05, 0) is 98.6 Å². The van der Waals surface area contributed by atoms with Gasteiger partial charge in [-0.3, -0.25) is 4.79 Å². The van der Waals surface area contributed by atoms with E-state index in [9.17, 15) is 4.79 Å². The summed E-state index contributed by atoms with van der Waals surface area (Å²) in [5, 5.41) is 1.23. The zero-order valence-corrected chi connectivity index (χ0v) is 28.4. The lowest BCUT2D eigenvalue weighted by Gasteiger charge is -2.45. The normalized spacial score (nSPS) is 15.0. The zero-order chi connectivity index (χ0) is 30.6. The van der Waals surface area contributed by atoms with Crippen molar-refractivity contribution < 1.29 is 14.3 Å². The minimum atomic E-state index is -0.649. The molecule has 0 spiro atoms. The van der Waals surface area contributed by atoms with Crippen LogP contribution in [0.5, 0.6) is 5.75 Å². The molecule has 0 fully saturated rings. The molecule has 0 aliphatic carbocycles. The van der Waals surface area contributed by atoms with E-state index < -0.39 is 11.0 Å². The van der Waals surface area contributed by atoms with Crippen LogP contribution in [0, 0.1) is 16.2 Å². The summed E-state index contributed by atoms with van der Waals surface area (Å²) < 4.78 is 13.8. The van der Waals surface area contributed by atoms with Gasteiger partial charge in [0.1, 0.15) is 11.4 Å². The third-order valence-corrected chi connectivity index (χ3v) is 9.42. The van der Waals surface area contributed by atoms with Crippen LogP contribution < -0.4 is 4.74 Å². The number of esters is 1. The maximum absolute atomic E-state index is 13.6. The van der Waals surface area contributed by atoms with Gasteiger partial charge in [0.25, 0.3) is 0 Å². The highest BCUT2D eigenvalue weighted by molar-refractivity contribution is 7.22. The predicted molar refractivity (Wildman–Crippen MR) is 177 cm³/mol. The lowest BCUT2D eigenvalue weighted by atomic mass is 9.61. The van der Waals surface area contributed by atoms with Crippen molar-refractivity contribution in [3.8, 4) is 16.2 Å². The minimum Gasteiger partial charge on any atom is -0.491 e. The van der Waals surface area contributed by atoms with E-state index in [4.69, 9.17) is 9.47 Å². The van der Waals surface area contributed by atoms with Gasteiger partial charge in [0.2, 0.25) is 0 Å². The number of carbonyl (C=O) groups is 1. The number of aryl methyl sites for hydroxylation is 1. The Bertz CT molecular complexity index is 1290. The summed E-state index contributed by atoms with van der Waals surface area (Å²) >= 11 is 1.80. The molecular formula is C37H54O3S. The van der Waals surface area contributed by atoms with Gasteiger partial charge in [0.15, 0.2) is 0 Å². The molecular weight excluding hydrogens is 524 g/mol. The number of rotatable bonds is 12. The molecule has 3 aromatic rings. The van der Waals surface area contributed by atoms with Crippen LogP contribution in [0.2, 0.25) is 0 Å². The number of ether oxygens (including phenoxy) is 2. The van der Waals surface area contributed by atoms with E-state index in [0.717, 1.165) is 18.6 Å². The molecule has 0 radical (unpaired) electrons. The molecule has 1 heterocycles. The molecule has 0 aliphatic rings. The first kappa shape index (κ1) is 33.2. The number of unbranched alkanes of at least 4 members (excludes halogenated alkanes) is 2. The number of hydrogen-bond acceptors (Lipinski definition) is 4. The van der Waals surface area contributed by atoms with Crippen molar-refractivity contribution in [2.75, 3.05) is 0 Å². The summed E-state index contributed by atoms with van der Waals surface area (Å²) in [5.74, 6) is 0.720. The molecule has 3 rings (SSSR count). The first-order valence-electron chi connectivity index (χ1n) is 15.5. The molecule has 4 heteroatoms. The Morgan fingerprint density at radius 1 is 0.878 bits per heavy atom. The Kier molecular flexibility index (Phi) is 10.4. The van der Waals surface area contributed by atoms with E-state index in [1.165, 1.54) is 45.4 Å². The Morgan fingerprint density at radius 2 is 1.54 bits per heavy atom. The monoisotopic (exact) mass is 578 g/mol. The second kappa shape index (κ2) is 12.9. The number of fused-ring (bicyclic) bond motifs is 1. The van der Waals surface area contributed by atoms with Crippen molar-refractivity contribution >= 4 is 27.4 Å². The molecule has 1 aromatic heterocycles. The average Bonchev–Trinajstić information content (AvgIpc) is 3.25. The standard InChI is InChI=1S/C37H54O3S/c1-12-13-14-15-27-16-18-28(19-17-27)31-22-29-20-21-30(23-32(29)41-31)39-26(2)24-36(9,10)40-33(38)37(11,35(6,7)8)25-34(3,4)5/h16-23,26H,12-15,24-25H2,1-11H3. The highest BCUT2D eigenvalue weighted by atomic mass is 32.1. The maximum atomic E-state index is 13.6. The molecule has 0 saturated heterocycles. The van der Waals surface area contributed by atoms with Crippen LogP contribution in [-0.2, 0) is 16.0 Å². The molecule has 0 aliphatic heterocycles. The fourth-order valence-corrected chi connectivity index (χ4v) is 6.81. The lowest BCUT2D eigenvalue weighted by Crippen LogP contribution is -2.47. The molecule has 2 unspecified atom stereocenters. The van der Waals surface area contributed by atoms with Gasteiger partial charge in [-0.25, -0.2) is 0 Å². The number of carbonyl (C=O) groups excluding carboxylic acids is 1. The van der Waals surface area contributed by atoms with Gasteiger partial charge in [-0.2, -0.15) is 0 Å². The van der Waals surface area contributed by atoms with Gasteiger partial charge in [0.05, 0.1) is 11.5 Å². The van der Waals surface area contributed by atoms with Crippen molar-refractivity contribution in [3.05, 3.63) is 54.1 Å². The van der Waals surface area contributed by atoms with Gasteiger partial charge in [0, 0.05) is 16.0 Å². The molecule has 2 atom stereocenters. The van der Waals surface area contributed by atoms with Crippen LogP contribution >= 0.6 is 11.3 Å². The highest BCUT2D eigenvalue weighted by Crippen LogP contribution is 2.48. The second-order valence-corrected chi connectivity index (χ2v) is 16.1. The maximum Gasteiger partial charge on any atom is 0.312 e. The summed E-state index contributed by atoms with van der Waals surface area (Å²) in [4.78, 5) is 14.9. The van der Waals surface area contributed by atoms with E-state index >= 15 is 0 Å². The summed E-state index contributed by atoms with van der Waals surface area (Å²) in [6, 6.07) is 17.6. The predicted octanol–water partition coefficient (Wildman–Crippen LogP) is 11.3. The van der Waals surface area contributed by atoms with Crippen molar-refractivity contribution in [2.45, 2.75) is 126 Å². The second-order valence-electron chi connectivity index (χ2n) is 15.1. The summed E-state index contributed by atoms with van der Waals surface area (Å²) in [6.45, 7) is 23.3. The summed E-state index contributed by atoms with van der Waals surface area (Å²) in [6.07, 6.45) is 6.21. The van der Waals surface area contributed by atoms with Crippen LogP contribution in [0.25, 0.3) is 20.5 Å².